The standard InChI is InChI=1S/C19H17N3O3/c1-11(17(24)12-6-8-13(23)9-7-12)22-19-18-16(20-10-21-19)14-4-2-3-5-15(14)25-18/h2-11,17,23-24H,1H3,(H,20,21,22)/t11-,17+/m0/s1. The SMILES string of the molecule is C[C@H](Nc1ncnc2c1oc1ccccc12)[C@@H](O)c1ccc(O)cc1. The molecule has 0 aliphatic carbocycles. The van der Waals surface area contributed by atoms with Crippen LogP contribution in [-0.4, -0.2) is 26.2 Å². The number of nitrogens with one attached hydrogen (secondary N) is 1. The van der Waals surface area contributed by atoms with E-state index in [-0.39, 0.29) is 11.8 Å². The number of anilines is 1. The molecule has 0 spiro atoms. The molecule has 0 radical (unpaired) electrons. The van der Waals surface area contributed by atoms with Crippen LogP contribution in [0.5, 0.6) is 5.75 Å². The van der Waals surface area contributed by atoms with E-state index in [1.54, 1.807) is 24.3 Å². The Hall–Kier alpha value is -3.12. The van der Waals surface area contributed by atoms with Crippen molar-refractivity contribution < 1.29 is 14.6 Å². The lowest BCUT2D eigenvalue weighted by Gasteiger charge is -2.21. The third kappa shape index (κ3) is 2.77. The largest absolute Gasteiger partial charge is 0.508 e. The van der Waals surface area contributed by atoms with Gasteiger partial charge in [-0.25, -0.2) is 9.97 Å². The van der Waals surface area contributed by atoms with Gasteiger partial charge in [0.25, 0.3) is 0 Å². The number of phenolic OH excluding ortho intramolecular Hbond substituents is 1. The van der Waals surface area contributed by atoms with E-state index in [2.05, 4.69) is 15.3 Å². The van der Waals surface area contributed by atoms with E-state index < -0.39 is 6.10 Å². The van der Waals surface area contributed by atoms with E-state index in [4.69, 9.17) is 4.42 Å². The zero-order valence-electron chi connectivity index (χ0n) is 13.5. The Morgan fingerprint density at radius 3 is 2.60 bits per heavy atom. The molecule has 6 nitrogen and oxygen atoms in total. The molecule has 2 atom stereocenters. The summed E-state index contributed by atoms with van der Waals surface area (Å²) >= 11 is 0. The summed E-state index contributed by atoms with van der Waals surface area (Å²) in [6.45, 7) is 1.86. The predicted molar refractivity (Wildman–Crippen MR) is 95.5 cm³/mol. The Balaban J connectivity index is 1.67. The van der Waals surface area contributed by atoms with Gasteiger partial charge in [0.15, 0.2) is 11.4 Å². The smallest absolute Gasteiger partial charge is 0.196 e. The number of hydrogen-bond acceptors (Lipinski definition) is 6. The van der Waals surface area contributed by atoms with Crippen molar-refractivity contribution in [3.05, 3.63) is 60.4 Å². The summed E-state index contributed by atoms with van der Waals surface area (Å²) in [7, 11) is 0. The number of benzene rings is 2. The van der Waals surface area contributed by atoms with E-state index in [9.17, 15) is 10.2 Å². The molecule has 4 rings (SSSR count). The van der Waals surface area contributed by atoms with Gasteiger partial charge in [-0.2, -0.15) is 0 Å². The van der Waals surface area contributed by atoms with E-state index in [1.807, 2.05) is 31.2 Å². The van der Waals surface area contributed by atoms with Crippen LogP contribution in [-0.2, 0) is 0 Å². The number of hydrogen-bond donors (Lipinski definition) is 3. The summed E-state index contributed by atoms with van der Waals surface area (Å²) in [5.74, 6) is 0.697. The highest BCUT2D eigenvalue weighted by Gasteiger charge is 2.20. The lowest BCUT2D eigenvalue weighted by atomic mass is 10.0. The molecule has 0 saturated carbocycles. The fourth-order valence-electron chi connectivity index (χ4n) is 2.88. The monoisotopic (exact) mass is 335 g/mol. The minimum Gasteiger partial charge on any atom is -0.508 e. The van der Waals surface area contributed by atoms with Gasteiger partial charge in [0.05, 0.1) is 12.1 Å². The van der Waals surface area contributed by atoms with Crippen molar-refractivity contribution >= 4 is 27.9 Å². The van der Waals surface area contributed by atoms with Gasteiger partial charge in [-0.1, -0.05) is 24.3 Å². The van der Waals surface area contributed by atoms with Crippen molar-refractivity contribution in [3.63, 3.8) is 0 Å². The highest BCUT2D eigenvalue weighted by atomic mass is 16.3. The average molecular weight is 335 g/mol. The zero-order chi connectivity index (χ0) is 17.4. The van der Waals surface area contributed by atoms with E-state index in [0.29, 0.717) is 17.0 Å². The summed E-state index contributed by atoms with van der Waals surface area (Å²) in [5.41, 5.74) is 2.74. The van der Waals surface area contributed by atoms with Crippen LogP contribution in [0.4, 0.5) is 5.82 Å². The van der Waals surface area contributed by atoms with Crippen molar-refractivity contribution in [2.45, 2.75) is 19.1 Å². The number of rotatable bonds is 4. The first kappa shape index (κ1) is 15.4. The topological polar surface area (TPSA) is 91.4 Å². The fraction of sp³-hybridized carbons (Fsp3) is 0.158. The Morgan fingerprint density at radius 1 is 1.04 bits per heavy atom. The average Bonchev–Trinajstić information content (AvgIpc) is 3.01. The Kier molecular flexibility index (Phi) is 3.74. The Morgan fingerprint density at radius 2 is 1.80 bits per heavy atom. The second kappa shape index (κ2) is 6.07. The predicted octanol–water partition coefficient (Wildman–Crippen LogP) is 3.62. The second-order valence-corrected chi connectivity index (χ2v) is 5.97. The van der Waals surface area contributed by atoms with Gasteiger partial charge < -0.3 is 19.9 Å². The van der Waals surface area contributed by atoms with Crippen LogP contribution < -0.4 is 5.32 Å². The van der Waals surface area contributed by atoms with Crippen LogP contribution in [0.15, 0.2) is 59.3 Å². The van der Waals surface area contributed by atoms with E-state index in [1.165, 1.54) is 6.33 Å². The number of aliphatic hydroxyl groups is 1. The van der Waals surface area contributed by atoms with Crippen molar-refractivity contribution in [1.29, 1.82) is 0 Å². The van der Waals surface area contributed by atoms with Crippen molar-refractivity contribution in [1.82, 2.24) is 9.97 Å². The third-order valence-electron chi connectivity index (χ3n) is 4.23. The number of aromatic hydroxyl groups is 1. The number of fused-ring (bicyclic) bond motifs is 3. The number of furan rings is 1. The molecule has 0 amide bonds. The first-order valence-corrected chi connectivity index (χ1v) is 7.99. The van der Waals surface area contributed by atoms with Crippen molar-refractivity contribution in [2.75, 3.05) is 5.32 Å². The van der Waals surface area contributed by atoms with Gasteiger partial charge >= 0.3 is 0 Å². The molecule has 2 heterocycles. The number of nitrogens with zero attached hydrogens (tertiary/aromatic N) is 2. The fourth-order valence-corrected chi connectivity index (χ4v) is 2.88. The minimum absolute atomic E-state index is 0.163. The molecule has 0 bridgehead atoms. The zero-order valence-corrected chi connectivity index (χ0v) is 13.5. The van der Waals surface area contributed by atoms with Gasteiger partial charge in [-0.05, 0) is 36.8 Å². The molecule has 0 fully saturated rings. The molecule has 6 heteroatoms. The highest BCUT2D eigenvalue weighted by Crippen LogP contribution is 2.31. The number of aliphatic hydroxyl groups excluding tert-OH is 1. The molecule has 0 aliphatic heterocycles. The van der Waals surface area contributed by atoms with Gasteiger partial charge in [0, 0.05) is 5.39 Å². The van der Waals surface area contributed by atoms with Crippen molar-refractivity contribution in [2.24, 2.45) is 0 Å². The summed E-state index contributed by atoms with van der Waals surface area (Å²) < 4.78 is 5.88. The van der Waals surface area contributed by atoms with Crippen LogP contribution in [0.25, 0.3) is 22.1 Å². The summed E-state index contributed by atoms with van der Waals surface area (Å²) in [6, 6.07) is 13.8. The number of aromatic nitrogens is 2. The molecular weight excluding hydrogens is 318 g/mol. The maximum Gasteiger partial charge on any atom is 0.196 e. The summed E-state index contributed by atoms with van der Waals surface area (Å²) in [5, 5.41) is 24.0. The number of para-hydroxylation sites is 1. The summed E-state index contributed by atoms with van der Waals surface area (Å²) in [6.07, 6.45) is 0.710. The van der Waals surface area contributed by atoms with Gasteiger partial charge in [0.2, 0.25) is 0 Å². The van der Waals surface area contributed by atoms with Crippen molar-refractivity contribution in [3.8, 4) is 5.75 Å². The maximum atomic E-state index is 10.5. The minimum atomic E-state index is -0.769. The Labute approximate surface area is 143 Å². The molecule has 0 unspecified atom stereocenters. The molecule has 2 aromatic heterocycles. The van der Waals surface area contributed by atoms with Crippen LogP contribution in [0.3, 0.4) is 0 Å². The molecule has 3 N–H and O–H groups in total. The van der Waals surface area contributed by atoms with Crippen LogP contribution in [0, 0.1) is 0 Å². The van der Waals surface area contributed by atoms with Crippen LogP contribution >= 0.6 is 0 Å². The first-order chi connectivity index (χ1) is 12.1. The normalized spacial score (nSPS) is 13.8. The first-order valence-electron chi connectivity index (χ1n) is 7.99. The van der Waals surface area contributed by atoms with Gasteiger partial charge in [0.1, 0.15) is 23.2 Å². The molecule has 0 aliphatic rings. The second-order valence-electron chi connectivity index (χ2n) is 5.97. The quantitative estimate of drug-likeness (QED) is 0.528. The van der Waals surface area contributed by atoms with E-state index >= 15 is 0 Å². The molecule has 4 aromatic rings. The van der Waals surface area contributed by atoms with E-state index in [0.717, 1.165) is 16.5 Å². The van der Waals surface area contributed by atoms with Gasteiger partial charge in [-0.3, -0.25) is 0 Å². The van der Waals surface area contributed by atoms with Crippen LogP contribution in [0.1, 0.15) is 18.6 Å². The molecule has 25 heavy (non-hydrogen) atoms. The highest BCUT2D eigenvalue weighted by molar-refractivity contribution is 6.05. The lowest BCUT2D eigenvalue weighted by molar-refractivity contribution is 0.160. The number of phenols is 1. The Bertz CT molecular complexity index is 1030. The maximum absolute atomic E-state index is 10.5. The lowest BCUT2D eigenvalue weighted by Crippen LogP contribution is -2.24. The molecular formula is C19H17N3O3. The third-order valence-corrected chi connectivity index (χ3v) is 4.23. The molecule has 0 saturated heterocycles. The molecule has 126 valence electrons. The van der Waals surface area contributed by atoms with Crippen LogP contribution in [0.2, 0.25) is 0 Å². The summed E-state index contributed by atoms with van der Waals surface area (Å²) in [4.78, 5) is 8.58. The van der Waals surface area contributed by atoms with Gasteiger partial charge in [-0.15, -0.1) is 0 Å². The molecule has 2 aromatic carbocycles.